The highest BCUT2D eigenvalue weighted by Gasteiger charge is 2.53. The first-order chi connectivity index (χ1) is 9.02. The lowest BCUT2D eigenvalue weighted by molar-refractivity contribution is -0.175. The van der Waals surface area contributed by atoms with E-state index in [1.807, 2.05) is 6.92 Å². The van der Waals surface area contributed by atoms with Crippen LogP contribution in [0.5, 0.6) is 0 Å². The molecule has 19 heavy (non-hydrogen) atoms. The van der Waals surface area contributed by atoms with E-state index in [-0.39, 0.29) is 17.9 Å². The number of carboxylic acid groups (broad SMARTS) is 1. The minimum atomic E-state index is -1.05. The maximum atomic E-state index is 12.3. The Kier molecular flexibility index (Phi) is 4.03. The second-order valence-corrected chi connectivity index (χ2v) is 5.37. The fourth-order valence-electron chi connectivity index (χ4n) is 2.87. The van der Waals surface area contributed by atoms with Crippen LogP contribution in [0.2, 0.25) is 0 Å². The van der Waals surface area contributed by atoms with Crippen LogP contribution in [0.15, 0.2) is 0 Å². The molecule has 2 aliphatic heterocycles. The van der Waals surface area contributed by atoms with Gasteiger partial charge in [-0.2, -0.15) is 12.6 Å². The Labute approximate surface area is 117 Å². The molecular formula is C12H18N2O4S. The highest BCUT2D eigenvalue weighted by molar-refractivity contribution is 7.80. The Morgan fingerprint density at radius 2 is 1.95 bits per heavy atom. The van der Waals surface area contributed by atoms with Crippen LogP contribution in [0.4, 0.5) is 0 Å². The van der Waals surface area contributed by atoms with Gasteiger partial charge in [0, 0.05) is 0 Å². The lowest BCUT2D eigenvalue weighted by atomic mass is 10.0. The van der Waals surface area contributed by atoms with Gasteiger partial charge in [-0.05, 0) is 31.4 Å². The SMILES string of the molecule is CCC1CCC(C(=O)O)N2C(=O)C(CCS)C(=O)N12. The molecule has 0 aromatic carbocycles. The first-order valence-corrected chi connectivity index (χ1v) is 7.15. The summed E-state index contributed by atoms with van der Waals surface area (Å²) in [5, 5.41) is 11.8. The zero-order valence-corrected chi connectivity index (χ0v) is 11.7. The van der Waals surface area contributed by atoms with E-state index in [1.54, 1.807) is 0 Å². The second-order valence-electron chi connectivity index (χ2n) is 4.92. The van der Waals surface area contributed by atoms with Crippen LogP contribution in [-0.2, 0) is 14.4 Å². The van der Waals surface area contributed by atoms with Crippen molar-refractivity contribution in [1.82, 2.24) is 10.0 Å². The van der Waals surface area contributed by atoms with Gasteiger partial charge in [0.1, 0.15) is 5.92 Å². The van der Waals surface area contributed by atoms with E-state index in [9.17, 15) is 19.5 Å². The van der Waals surface area contributed by atoms with Crippen LogP contribution in [0.1, 0.15) is 32.6 Å². The van der Waals surface area contributed by atoms with Gasteiger partial charge in [-0.25, -0.2) is 14.8 Å². The number of hydrogen-bond acceptors (Lipinski definition) is 4. The van der Waals surface area contributed by atoms with Crippen LogP contribution in [0, 0.1) is 5.92 Å². The van der Waals surface area contributed by atoms with E-state index in [1.165, 1.54) is 10.0 Å². The zero-order valence-electron chi connectivity index (χ0n) is 10.8. The fourth-order valence-corrected chi connectivity index (χ4v) is 3.13. The summed E-state index contributed by atoms with van der Waals surface area (Å²) in [7, 11) is 0. The summed E-state index contributed by atoms with van der Waals surface area (Å²) in [5.74, 6) is -2.03. The Morgan fingerprint density at radius 3 is 2.47 bits per heavy atom. The van der Waals surface area contributed by atoms with Gasteiger partial charge < -0.3 is 5.11 Å². The van der Waals surface area contributed by atoms with Crippen LogP contribution < -0.4 is 0 Å². The summed E-state index contributed by atoms with van der Waals surface area (Å²) in [6.07, 6.45) is 2.10. The number of aliphatic carboxylic acids is 1. The average Bonchev–Trinajstić information content (AvgIpc) is 2.64. The molecule has 2 fully saturated rings. The summed E-state index contributed by atoms with van der Waals surface area (Å²) in [5.41, 5.74) is 0. The molecule has 2 saturated heterocycles. The third-order valence-corrected chi connectivity index (χ3v) is 4.13. The number of carbonyl (C=O) groups is 3. The van der Waals surface area contributed by atoms with Crippen molar-refractivity contribution in [2.24, 2.45) is 5.92 Å². The molecule has 0 aliphatic carbocycles. The number of carboxylic acids is 1. The highest BCUT2D eigenvalue weighted by atomic mass is 32.1. The molecule has 0 spiro atoms. The maximum Gasteiger partial charge on any atom is 0.328 e. The zero-order chi connectivity index (χ0) is 14.2. The molecule has 7 heteroatoms. The summed E-state index contributed by atoms with van der Waals surface area (Å²) >= 11 is 4.06. The van der Waals surface area contributed by atoms with E-state index in [0.29, 0.717) is 25.0 Å². The molecular weight excluding hydrogens is 268 g/mol. The van der Waals surface area contributed by atoms with Crippen LogP contribution in [0.3, 0.4) is 0 Å². The third kappa shape index (κ3) is 2.20. The molecule has 2 heterocycles. The van der Waals surface area contributed by atoms with E-state index in [4.69, 9.17) is 0 Å². The molecule has 0 aromatic rings. The lowest BCUT2D eigenvalue weighted by Crippen LogP contribution is -2.58. The Balaban J connectivity index is 2.34. The van der Waals surface area contributed by atoms with Gasteiger partial charge in [-0.1, -0.05) is 6.92 Å². The van der Waals surface area contributed by atoms with Gasteiger partial charge in [-0.3, -0.25) is 9.59 Å². The molecule has 1 N–H and O–H groups in total. The number of nitrogens with zero attached hydrogens (tertiary/aromatic N) is 2. The third-order valence-electron chi connectivity index (χ3n) is 3.87. The van der Waals surface area contributed by atoms with Crippen molar-refractivity contribution in [1.29, 1.82) is 0 Å². The smallest absolute Gasteiger partial charge is 0.328 e. The van der Waals surface area contributed by atoms with Crippen molar-refractivity contribution in [2.45, 2.75) is 44.7 Å². The Morgan fingerprint density at radius 1 is 1.32 bits per heavy atom. The molecule has 0 bridgehead atoms. The van der Waals surface area contributed by atoms with Gasteiger partial charge in [0.2, 0.25) is 0 Å². The molecule has 3 unspecified atom stereocenters. The molecule has 6 nitrogen and oxygen atoms in total. The van der Waals surface area contributed by atoms with E-state index >= 15 is 0 Å². The van der Waals surface area contributed by atoms with Gasteiger partial charge in [-0.15, -0.1) is 0 Å². The Bertz CT molecular complexity index is 415. The van der Waals surface area contributed by atoms with E-state index in [2.05, 4.69) is 12.6 Å². The van der Waals surface area contributed by atoms with Crippen molar-refractivity contribution in [3.63, 3.8) is 0 Å². The standard InChI is InChI=1S/C12H18N2O4S/c1-2-7-3-4-9(12(17)18)14-11(16)8(5-6-19)10(15)13(7)14/h7-9,19H,2-6H2,1H3,(H,17,18). The second kappa shape index (κ2) is 5.40. The number of carbonyl (C=O) groups excluding carboxylic acids is 2. The van der Waals surface area contributed by atoms with Gasteiger partial charge in [0.05, 0.1) is 6.04 Å². The maximum absolute atomic E-state index is 12.3. The summed E-state index contributed by atoms with van der Waals surface area (Å²) in [6, 6.07) is -0.985. The number of hydrogen-bond donors (Lipinski definition) is 2. The molecule has 0 saturated carbocycles. The van der Waals surface area contributed by atoms with Crippen molar-refractivity contribution in [2.75, 3.05) is 5.75 Å². The fraction of sp³-hybridized carbons (Fsp3) is 0.750. The predicted octanol–water partition coefficient (Wildman–Crippen LogP) is 0.534. The molecule has 0 radical (unpaired) electrons. The van der Waals surface area contributed by atoms with E-state index < -0.39 is 17.9 Å². The van der Waals surface area contributed by atoms with Crippen molar-refractivity contribution < 1.29 is 19.5 Å². The van der Waals surface area contributed by atoms with Crippen LogP contribution in [0.25, 0.3) is 0 Å². The normalized spacial score (nSPS) is 30.7. The monoisotopic (exact) mass is 286 g/mol. The molecule has 3 atom stereocenters. The lowest BCUT2D eigenvalue weighted by Gasteiger charge is -2.42. The highest BCUT2D eigenvalue weighted by Crippen LogP contribution is 2.35. The Hall–Kier alpha value is -1.24. The number of rotatable bonds is 4. The quantitative estimate of drug-likeness (QED) is 0.584. The average molecular weight is 286 g/mol. The number of amides is 2. The summed E-state index contributed by atoms with van der Waals surface area (Å²) in [6.45, 7) is 1.94. The first kappa shape index (κ1) is 14.2. The molecule has 2 amide bonds. The van der Waals surface area contributed by atoms with Crippen molar-refractivity contribution in [3.05, 3.63) is 0 Å². The number of fused-ring (bicyclic) bond motifs is 1. The largest absolute Gasteiger partial charge is 0.480 e. The first-order valence-electron chi connectivity index (χ1n) is 6.52. The topological polar surface area (TPSA) is 77.9 Å². The minimum Gasteiger partial charge on any atom is -0.480 e. The van der Waals surface area contributed by atoms with Crippen molar-refractivity contribution >= 4 is 30.4 Å². The van der Waals surface area contributed by atoms with E-state index in [0.717, 1.165) is 6.42 Å². The minimum absolute atomic E-state index is 0.0723. The van der Waals surface area contributed by atoms with Crippen LogP contribution >= 0.6 is 12.6 Å². The molecule has 2 aliphatic rings. The predicted molar refractivity (Wildman–Crippen MR) is 70.4 cm³/mol. The van der Waals surface area contributed by atoms with Crippen LogP contribution in [-0.4, -0.2) is 50.7 Å². The number of hydrazine groups is 1. The molecule has 106 valence electrons. The molecule has 0 aromatic heterocycles. The number of thiol groups is 1. The van der Waals surface area contributed by atoms with Gasteiger partial charge in [0.25, 0.3) is 11.8 Å². The molecule has 2 rings (SSSR count). The summed E-state index contributed by atoms with van der Waals surface area (Å²) in [4.78, 5) is 35.9. The summed E-state index contributed by atoms with van der Waals surface area (Å²) < 4.78 is 0. The van der Waals surface area contributed by atoms with Gasteiger partial charge >= 0.3 is 5.97 Å². The van der Waals surface area contributed by atoms with Crippen molar-refractivity contribution in [3.8, 4) is 0 Å². The van der Waals surface area contributed by atoms with Gasteiger partial charge in [0.15, 0.2) is 6.04 Å².